The summed E-state index contributed by atoms with van der Waals surface area (Å²) in [7, 11) is 5.88. The average Bonchev–Trinajstić information content (AvgIpc) is 1.62. The summed E-state index contributed by atoms with van der Waals surface area (Å²) in [5.74, 6) is 10.8. The number of ether oxygens (including phenoxy) is 2. The summed E-state index contributed by atoms with van der Waals surface area (Å²) in [6.07, 6.45) is 26.2. The van der Waals surface area contributed by atoms with Gasteiger partial charge in [-0.1, -0.05) is 114 Å². The molecule has 17 atom stereocenters. The third kappa shape index (κ3) is 29.3. The Morgan fingerprint density at radius 3 is 1.97 bits per heavy atom. The standard InChI is InChI=1S/C12H12N2O.2C11H19N3O.C11H12N2O.C10H13N3OS.C10H14N2O2.2C10H16N2O.C9H9N3O.C9H14N2O2S/c1-7-13-11-9-5-3-2-4-8(9)6-10(11)12(15)14-7;1-8-7-10(15)13-11(12-8)9-5-3-4-6-14(9)2;1-2-10-13-9(7-11(15)14-10)8-3-5-12-6-4-8;1-8-12-7-10(11(14)13-8)9-5-3-2-4-6-9;1-13(2)7-6-11-9(12-10(7)14)8-4-3-5-15-8;1-2-7-11-9-6-4-3-5(14-6)8(9)10(13)12-7;1-7-11-9(13)8-5-3-4-6-10(8,2)12-7;1-6(2)9-11-8-5-3-4-7(8)10(13)12-9;13-8-3-6-11-9(12-8)7-1-4-10-5-2-7;1-14-5-8-10-7-4-13-3-2-6(7)9(12)11-8/h2-5,10-11H,6H2,1H3,(H,13,14,15);8-9H,3-7H2,1-2H3,(H,12,13,15);8-9,12H,2-7H2,1H3,(H,13,14,15);2-6,10H,7H2,1H3,(H,12,13,14);3-5,7H,6H2,1-2H3,(H,11,12,14);5-6,8-9H,2-4H2,1H3,(H,11,12,13);8H,3-6H2,1-2H3,(H,11,12,13);6-8H,3-5H2,1-2H3,(H,11,12,13);1-2,4-5H,3,6H2,(H,11,12,13);6-7H,2-5H2,1H3,(H,10,11,12)/t10-,11+;8-,9?;;;7-;5-,6+,8+,9-;8-,10-;7-,8+;;6-,7+/m11..1001.1/s1. The van der Waals surface area contributed by atoms with Gasteiger partial charge < -0.3 is 68.0 Å². The molecule has 2 saturated carbocycles. The van der Waals surface area contributed by atoms with Gasteiger partial charge in [0.05, 0.1) is 138 Å². The number of benzene rings is 2. The lowest BCUT2D eigenvalue weighted by Gasteiger charge is -2.40. The van der Waals surface area contributed by atoms with Crippen LogP contribution in [0.3, 0.4) is 0 Å². The van der Waals surface area contributed by atoms with Crippen LogP contribution in [0.4, 0.5) is 0 Å². The van der Waals surface area contributed by atoms with E-state index < -0.39 is 0 Å². The van der Waals surface area contributed by atoms with Crippen molar-refractivity contribution < 1.29 is 57.4 Å². The number of thioether (sulfide) groups is 1. The highest BCUT2D eigenvalue weighted by Crippen LogP contribution is 2.44. The zero-order valence-corrected chi connectivity index (χ0v) is 85.5. The minimum atomic E-state index is -0.145. The van der Waals surface area contributed by atoms with Gasteiger partial charge in [-0.15, -0.1) is 11.3 Å². The zero-order valence-electron chi connectivity index (χ0n) is 83.9. The van der Waals surface area contributed by atoms with Gasteiger partial charge in [-0.2, -0.15) is 11.8 Å². The highest BCUT2D eigenvalue weighted by molar-refractivity contribution is 7.99. The predicted octanol–water partition coefficient (Wildman–Crippen LogP) is 8.71. The molecule has 18 aliphatic rings. The van der Waals surface area contributed by atoms with Crippen molar-refractivity contribution in [2.45, 2.75) is 269 Å². The van der Waals surface area contributed by atoms with E-state index in [9.17, 15) is 47.9 Å². The number of pyridine rings is 1. The predicted molar refractivity (Wildman–Crippen MR) is 553 cm³/mol. The number of piperidine rings is 2. The van der Waals surface area contributed by atoms with Crippen molar-refractivity contribution in [3.8, 4) is 0 Å². The largest absolute Gasteiger partial charge is 0.379 e. The van der Waals surface area contributed by atoms with Gasteiger partial charge in [-0.05, 0) is 205 Å². The van der Waals surface area contributed by atoms with E-state index in [0.717, 1.165) is 172 Å². The fraction of sp³-hybridized carbons (Fsp3) is 0.602. The number of amides is 10. The van der Waals surface area contributed by atoms with Crippen molar-refractivity contribution in [3.05, 3.63) is 124 Å². The number of amidine groups is 10. The number of hydrogen-bond acceptors (Lipinski definition) is 28. The van der Waals surface area contributed by atoms with Crippen LogP contribution in [0.25, 0.3) is 0 Å². The van der Waals surface area contributed by atoms with E-state index in [2.05, 4.69) is 158 Å². The van der Waals surface area contributed by atoms with Gasteiger partial charge in [0.2, 0.25) is 59.1 Å². The van der Waals surface area contributed by atoms with Crippen LogP contribution in [0.2, 0.25) is 0 Å². The Morgan fingerprint density at radius 1 is 0.567 bits per heavy atom. The van der Waals surface area contributed by atoms with Crippen molar-refractivity contribution in [1.29, 1.82) is 0 Å². The molecule has 5 saturated heterocycles. The van der Waals surface area contributed by atoms with Crippen LogP contribution < -0.4 is 58.5 Å². The van der Waals surface area contributed by atoms with E-state index in [0.29, 0.717) is 87.5 Å². The molecule has 7 fully saturated rings. The topological polar surface area (TPSA) is 464 Å². The average molecular weight is 1970 g/mol. The molecule has 0 spiro atoms. The fourth-order valence-electron chi connectivity index (χ4n) is 20.7. The molecule has 10 amide bonds. The van der Waals surface area contributed by atoms with Crippen LogP contribution in [0.15, 0.2) is 147 Å². The second kappa shape index (κ2) is 51.7. The Hall–Kier alpha value is -11.2. The van der Waals surface area contributed by atoms with E-state index in [-0.39, 0.29) is 155 Å². The monoisotopic (exact) mass is 1970 g/mol. The molecule has 760 valence electrons. The lowest BCUT2D eigenvalue weighted by molar-refractivity contribution is -0.128. The van der Waals surface area contributed by atoms with E-state index in [1.807, 2.05) is 132 Å². The molecular formula is C103H144N24O12S2. The number of nitrogens with one attached hydrogen (secondary N) is 11. The normalized spacial score (nSPS) is 29.7. The van der Waals surface area contributed by atoms with Gasteiger partial charge in [0.25, 0.3) is 0 Å². The van der Waals surface area contributed by atoms with E-state index in [4.69, 9.17) is 9.47 Å². The minimum absolute atomic E-state index is 0.00565. The first-order chi connectivity index (χ1) is 67.9. The molecule has 15 aliphatic heterocycles. The summed E-state index contributed by atoms with van der Waals surface area (Å²) in [5.41, 5.74) is 4.31. The Kier molecular flexibility index (Phi) is 39.3. The first kappa shape index (κ1) is 107. The molecule has 141 heavy (non-hydrogen) atoms. The molecule has 0 radical (unpaired) electrons. The van der Waals surface area contributed by atoms with Gasteiger partial charge >= 0.3 is 0 Å². The number of carbonyl (C=O) groups excluding carboxylic acids is 10. The molecule has 3 aliphatic carbocycles. The van der Waals surface area contributed by atoms with Crippen LogP contribution in [0.1, 0.15) is 230 Å². The van der Waals surface area contributed by atoms with Crippen LogP contribution in [0, 0.1) is 41.4 Å². The maximum atomic E-state index is 11.8. The number of rotatable bonds is 11. The third-order valence-electron chi connectivity index (χ3n) is 28.2. The number of fused-ring (bicyclic) bond motifs is 11. The van der Waals surface area contributed by atoms with Gasteiger partial charge in [-0.3, -0.25) is 113 Å². The third-order valence-corrected chi connectivity index (χ3v) is 29.7. The van der Waals surface area contributed by atoms with Gasteiger partial charge in [0.1, 0.15) is 58.6 Å². The van der Waals surface area contributed by atoms with Crippen LogP contribution >= 0.6 is 23.1 Å². The van der Waals surface area contributed by atoms with E-state index >= 15 is 0 Å². The number of thiophene rings is 1. The van der Waals surface area contributed by atoms with E-state index in [1.165, 1.54) is 36.8 Å². The molecule has 3 unspecified atom stereocenters. The zero-order chi connectivity index (χ0) is 100. The Morgan fingerprint density at radius 2 is 1.26 bits per heavy atom. The molecule has 22 rings (SSSR count). The molecule has 2 aromatic carbocycles. The van der Waals surface area contributed by atoms with Crippen molar-refractivity contribution in [2.24, 2.45) is 91.3 Å². The lowest BCUT2D eigenvalue weighted by atomic mass is 9.73. The smallest absolute Gasteiger partial charge is 0.244 e. The number of aromatic nitrogens is 1. The number of likely N-dealkylation sites (tertiary alicyclic amines) is 1. The SMILES string of the molecule is CC(C)C1=N[C@H]2CCC[C@H]2C(=O)N1.CC1=NCC(c2ccccc2)C(=O)N1.CC1=N[C@@]2(C)CCCC[C@H]2C(=O)N1.CC1=N[C@H]2c3ccccc3C[C@H]2C(=O)N1.CCC1=NC(C2CCNCC2)CC(=O)N1.CCC1=N[C@@H]2[C@H](C(=O)N1)[C@@H]1CC[C@H]2O1.CN(C)[C@@H]1CN=C(c2cccs2)NC1=O.CSCC1=N[C@H]2COCC[C@H]2C(=O)N1.C[C@@H]1CC(=O)NC(C2CCCCN2C)=N1.O=C1CCN=C(c2ccncc2)N1. The number of likely N-dealkylation sites (N-methyl/N-ethyl adjacent to an activating group) is 2. The molecule has 4 aromatic rings. The molecule has 2 aromatic heterocycles. The second-order valence-corrected chi connectivity index (χ2v) is 41.1. The van der Waals surface area contributed by atoms with Gasteiger partial charge in [-0.25, -0.2) is 0 Å². The maximum Gasteiger partial charge on any atom is 0.244 e. The summed E-state index contributed by atoms with van der Waals surface area (Å²) in [5, 5.41) is 33.6. The van der Waals surface area contributed by atoms with Crippen molar-refractivity contribution in [1.82, 2.24) is 73.3 Å². The van der Waals surface area contributed by atoms with Crippen molar-refractivity contribution >= 4 is 141 Å². The molecule has 36 nitrogen and oxygen atoms in total. The first-order valence-electron chi connectivity index (χ1n) is 50.4. The maximum absolute atomic E-state index is 11.8. The highest BCUT2D eigenvalue weighted by Gasteiger charge is 2.54. The summed E-state index contributed by atoms with van der Waals surface area (Å²) in [4.78, 5) is 169. The van der Waals surface area contributed by atoms with Gasteiger partial charge in [0.15, 0.2) is 0 Å². The molecule has 38 heteroatoms. The second-order valence-electron chi connectivity index (χ2n) is 39.2. The summed E-state index contributed by atoms with van der Waals surface area (Å²) < 4.78 is 11.0. The molecular weight excluding hydrogens is 1830 g/mol. The highest BCUT2D eigenvalue weighted by atomic mass is 32.2. The number of nitrogens with zero attached hydrogens (tertiary/aromatic N) is 13. The van der Waals surface area contributed by atoms with Gasteiger partial charge in [0, 0.05) is 62.6 Å². The van der Waals surface area contributed by atoms with E-state index in [1.54, 1.807) is 42.4 Å². The molecule has 2 bridgehead atoms. The molecule has 17 heterocycles. The number of aliphatic imine (C=N–C) groups is 10. The van der Waals surface area contributed by atoms with Crippen molar-refractivity contribution in [3.63, 3.8) is 0 Å². The van der Waals surface area contributed by atoms with Crippen molar-refractivity contribution in [2.75, 3.05) is 85.6 Å². The Balaban J connectivity index is 0.000000132. The Labute approximate surface area is 836 Å². The van der Waals surface area contributed by atoms with Crippen LogP contribution in [0.5, 0.6) is 0 Å². The summed E-state index contributed by atoms with van der Waals surface area (Å²) in [6.45, 7) is 24.0. The van der Waals surface area contributed by atoms with Crippen LogP contribution in [-0.4, -0.2) is 278 Å². The Bertz CT molecular complexity index is 5380. The molecule has 11 N–H and O–H groups in total. The van der Waals surface area contributed by atoms with Crippen LogP contribution in [-0.2, 0) is 63.8 Å². The quantitative estimate of drug-likeness (QED) is 0.0668. The first-order valence-corrected chi connectivity index (χ1v) is 52.7. The number of carbonyl (C=O) groups is 10. The minimum Gasteiger partial charge on any atom is -0.379 e. The summed E-state index contributed by atoms with van der Waals surface area (Å²) in [6, 6.07) is 26.5. The fourth-order valence-corrected chi connectivity index (χ4v) is 21.8. The summed E-state index contributed by atoms with van der Waals surface area (Å²) >= 11 is 3.25. The lowest BCUT2D eigenvalue weighted by Crippen LogP contribution is -2.52. The number of hydrogen-bond donors (Lipinski definition) is 11.